The second-order valence-electron chi connectivity index (χ2n) is 10.6. The van der Waals surface area contributed by atoms with Crippen molar-refractivity contribution >= 4 is 34.6 Å². The average Bonchev–Trinajstić information content (AvgIpc) is 3.23. The lowest BCUT2D eigenvalue weighted by Crippen LogP contribution is -2.46. The van der Waals surface area contributed by atoms with Gasteiger partial charge in [0.1, 0.15) is 10.9 Å². The van der Waals surface area contributed by atoms with Gasteiger partial charge in [0.15, 0.2) is 0 Å². The number of amides is 1. The molecular formula is C27H35N3O4S. The molecule has 0 saturated heterocycles. The minimum atomic E-state index is -1.04. The van der Waals surface area contributed by atoms with E-state index in [0.717, 1.165) is 42.7 Å². The summed E-state index contributed by atoms with van der Waals surface area (Å²) in [6.45, 7) is 8.15. The van der Waals surface area contributed by atoms with E-state index in [-0.39, 0.29) is 34.8 Å². The van der Waals surface area contributed by atoms with Crippen LogP contribution in [0.15, 0.2) is 11.2 Å². The molecule has 0 radical (unpaired) electrons. The van der Waals surface area contributed by atoms with Crippen LogP contribution in [-0.4, -0.2) is 35.3 Å². The lowest BCUT2D eigenvalue weighted by molar-refractivity contribution is -0.124. The summed E-state index contributed by atoms with van der Waals surface area (Å²) in [6, 6.07) is 3.57. The van der Waals surface area contributed by atoms with Crippen LogP contribution < -0.4 is 4.90 Å². The summed E-state index contributed by atoms with van der Waals surface area (Å²) in [5.41, 5.74) is 1.13. The molecule has 0 aliphatic heterocycles. The highest BCUT2D eigenvalue weighted by Gasteiger charge is 2.37. The molecule has 7 nitrogen and oxygen atoms in total. The molecule has 1 aromatic heterocycles. The number of carbonyl (C=O) groups is 2. The first-order valence-electron chi connectivity index (χ1n) is 12.4. The molecule has 1 amide bonds. The minimum absolute atomic E-state index is 0.0265. The third-order valence-electron chi connectivity index (χ3n) is 6.55. The van der Waals surface area contributed by atoms with Crippen molar-refractivity contribution in [2.24, 2.45) is 22.4 Å². The van der Waals surface area contributed by atoms with Crippen molar-refractivity contribution in [2.45, 2.75) is 85.1 Å². The maximum Gasteiger partial charge on any atom is 0.348 e. The fourth-order valence-electron chi connectivity index (χ4n) is 4.66. The molecular weight excluding hydrogens is 462 g/mol. The van der Waals surface area contributed by atoms with Crippen LogP contribution in [0.2, 0.25) is 0 Å². The number of anilines is 1. The van der Waals surface area contributed by atoms with Crippen molar-refractivity contribution < 1.29 is 19.5 Å². The fourth-order valence-corrected chi connectivity index (χ4v) is 5.50. The fraction of sp³-hybridized carbons (Fsp3) is 0.630. The van der Waals surface area contributed by atoms with Gasteiger partial charge in [-0.15, -0.1) is 11.3 Å². The molecule has 2 aliphatic carbocycles. The van der Waals surface area contributed by atoms with Crippen LogP contribution in [0.3, 0.4) is 0 Å². The van der Waals surface area contributed by atoms with Crippen molar-refractivity contribution in [3.8, 4) is 17.9 Å². The lowest BCUT2D eigenvalue weighted by Gasteiger charge is -2.38. The van der Waals surface area contributed by atoms with Gasteiger partial charge >= 0.3 is 5.97 Å². The number of aromatic carboxylic acids is 1. The minimum Gasteiger partial charge on any atom is -0.477 e. The van der Waals surface area contributed by atoms with E-state index in [4.69, 9.17) is 10.1 Å². The molecule has 2 aliphatic rings. The number of hydrogen-bond acceptors (Lipinski definition) is 6. The Balaban J connectivity index is 1.94. The Hall–Kier alpha value is -2.84. The maximum atomic E-state index is 13.9. The summed E-state index contributed by atoms with van der Waals surface area (Å²) < 4.78 is 0. The lowest BCUT2D eigenvalue weighted by atomic mass is 9.81. The smallest absolute Gasteiger partial charge is 0.348 e. The van der Waals surface area contributed by atoms with E-state index >= 15 is 0 Å². The van der Waals surface area contributed by atoms with E-state index in [1.807, 2.05) is 26.8 Å². The zero-order valence-corrected chi connectivity index (χ0v) is 21.9. The van der Waals surface area contributed by atoms with Gasteiger partial charge in [-0.1, -0.05) is 23.9 Å². The largest absolute Gasteiger partial charge is 0.477 e. The predicted octanol–water partition coefficient (Wildman–Crippen LogP) is 5.84. The highest BCUT2D eigenvalue weighted by Crippen LogP contribution is 2.38. The second kappa shape index (κ2) is 11.7. The van der Waals surface area contributed by atoms with E-state index in [1.165, 1.54) is 0 Å². The van der Waals surface area contributed by atoms with Crippen molar-refractivity contribution in [2.75, 3.05) is 11.5 Å². The summed E-state index contributed by atoms with van der Waals surface area (Å²) in [5.74, 6) is 5.81. The van der Waals surface area contributed by atoms with Crippen LogP contribution in [0.25, 0.3) is 0 Å². The Bertz CT molecular complexity index is 1050. The Morgan fingerprint density at radius 2 is 1.86 bits per heavy atom. The molecule has 1 aromatic rings. The van der Waals surface area contributed by atoms with Crippen LogP contribution in [-0.2, 0) is 9.63 Å². The van der Waals surface area contributed by atoms with Gasteiger partial charge < -0.3 is 14.8 Å². The van der Waals surface area contributed by atoms with Gasteiger partial charge in [0.05, 0.1) is 16.3 Å². The molecule has 0 atom stereocenters. The molecule has 2 fully saturated rings. The molecule has 35 heavy (non-hydrogen) atoms. The Morgan fingerprint density at radius 3 is 2.43 bits per heavy atom. The summed E-state index contributed by atoms with van der Waals surface area (Å²) in [5, 5.41) is 22.7. The number of hydrogen-bond donors (Lipinski definition) is 1. The molecule has 8 heteroatoms. The van der Waals surface area contributed by atoms with Gasteiger partial charge in [-0.05, 0) is 84.1 Å². The van der Waals surface area contributed by atoms with E-state index < -0.39 is 5.97 Å². The Morgan fingerprint density at radius 1 is 1.20 bits per heavy atom. The molecule has 0 unspecified atom stereocenters. The van der Waals surface area contributed by atoms with E-state index in [9.17, 15) is 14.7 Å². The SMILES string of the molecule is CC(C)(C)C#Cc1cc(N(C(=O)[C@H]2CC[C@H](C)CC2)C2CCC(=NOCC#N)CC2)c(C(=O)O)s1. The van der Waals surface area contributed by atoms with E-state index in [1.54, 1.807) is 11.0 Å². The Kier molecular flexibility index (Phi) is 8.97. The van der Waals surface area contributed by atoms with Crippen molar-refractivity contribution in [1.29, 1.82) is 5.26 Å². The number of oxime groups is 1. The molecule has 2 saturated carbocycles. The number of carboxylic acids is 1. The van der Waals surface area contributed by atoms with Gasteiger partial charge in [0.2, 0.25) is 12.5 Å². The normalized spacial score (nSPS) is 22.4. The zero-order valence-electron chi connectivity index (χ0n) is 21.1. The van der Waals surface area contributed by atoms with Gasteiger partial charge in [-0.25, -0.2) is 4.79 Å². The first-order valence-corrected chi connectivity index (χ1v) is 13.2. The van der Waals surface area contributed by atoms with Crippen LogP contribution in [0.5, 0.6) is 0 Å². The summed E-state index contributed by atoms with van der Waals surface area (Å²) >= 11 is 1.14. The molecule has 1 N–H and O–H groups in total. The summed E-state index contributed by atoms with van der Waals surface area (Å²) in [6.07, 6.45) is 6.32. The van der Waals surface area contributed by atoms with E-state index in [2.05, 4.69) is 23.9 Å². The number of nitriles is 1. The molecule has 0 spiro atoms. The standard InChI is InChI=1S/C27H35N3O4S/c1-18-5-7-19(8-6-18)25(31)30(21-11-9-20(10-12-21)29-34-16-15-28)23-17-22(13-14-27(2,3)4)35-24(23)26(32)33/h17-19,21H,5-12,16H2,1-4H3,(H,32,33)/t18-,19-,21?. The quantitative estimate of drug-likeness (QED) is 0.302. The number of carboxylic acid groups (broad SMARTS) is 1. The Labute approximate surface area is 212 Å². The van der Waals surface area contributed by atoms with Crippen LogP contribution in [0.4, 0.5) is 5.69 Å². The third kappa shape index (κ3) is 7.32. The van der Waals surface area contributed by atoms with Crippen molar-refractivity contribution in [3.05, 3.63) is 15.8 Å². The molecule has 0 bridgehead atoms. The van der Waals surface area contributed by atoms with Crippen LogP contribution in [0, 0.1) is 40.4 Å². The first-order chi connectivity index (χ1) is 16.6. The molecule has 188 valence electrons. The van der Waals surface area contributed by atoms with E-state index in [0.29, 0.717) is 42.2 Å². The van der Waals surface area contributed by atoms with Crippen molar-refractivity contribution in [1.82, 2.24) is 0 Å². The monoisotopic (exact) mass is 497 g/mol. The van der Waals surface area contributed by atoms with Gasteiger partial charge in [-0.2, -0.15) is 5.26 Å². The highest BCUT2D eigenvalue weighted by atomic mass is 32.1. The van der Waals surface area contributed by atoms with Crippen LogP contribution >= 0.6 is 11.3 Å². The molecule has 1 heterocycles. The average molecular weight is 498 g/mol. The number of thiophene rings is 1. The van der Waals surface area contributed by atoms with Gasteiger partial charge in [0.25, 0.3) is 0 Å². The predicted molar refractivity (Wildman–Crippen MR) is 137 cm³/mol. The third-order valence-corrected chi connectivity index (χ3v) is 7.58. The van der Waals surface area contributed by atoms with Gasteiger partial charge in [-0.3, -0.25) is 4.79 Å². The van der Waals surface area contributed by atoms with Crippen LogP contribution in [0.1, 0.15) is 93.6 Å². The number of rotatable bonds is 6. The number of nitrogens with zero attached hydrogens (tertiary/aromatic N) is 3. The molecule has 0 aromatic carbocycles. The summed E-state index contributed by atoms with van der Waals surface area (Å²) in [4.78, 5) is 33.7. The number of carbonyl (C=O) groups excluding carboxylic acids is 1. The highest BCUT2D eigenvalue weighted by molar-refractivity contribution is 7.15. The first kappa shape index (κ1) is 26.8. The topological polar surface area (TPSA) is 103 Å². The van der Waals surface area contributed by atoms with Crippen molar-refractivity contribution in [3.63, 3.8) is 0 Å². The second-order valence-corrected chi connectivity index (χ2v) is 11.7. The zero-order chi connectivity index (χ0) is 25.6. The van der Waals surface area contributed by atoms with Gasteiger partial charge in [0, 0.05) is 17.4 Å². The maximum absolute atomic E-state index is 13.9. The summed E-state index contributed by atoms with van der Waals surface area (Å²) in [7, 11) is 0. The molecule has 3 rings (SSSR count).